The number of unbranched alkanes of at least 4 members (excludes halogenated alkanes) is 3. The summed E-state index contributed by atoms with van der Waals surface area (Å²) in [7, 11) is 5.69. The van der Waals surface area contributed by atoms with Gasteiger partial charge >= 0.3 is 0 Å². The van der Waals surface area contributed by atoms with E-state index >= 15 is 0 Å². The maximum absolute atomic E-state index is 10.7. The number of carbonyl (C=O) groups is 1. The summed E-state index contributed by atoms with van der Waals surface area (Å²) < 4.78 is 0. The molecule has 0 bridgehead atoms. The largest absolute Gasteiger partial charge is 0.395 e. The third-order valence-electron chi connectivity index (χ3n) is 3.05. The number of hydrogen-bond donors (Lipinski definition) is 2. The van der Waals surface area contributed by atoms with Crippen LogP contribution in [-0.2, 0) is 0 Å². The standard InChI is InChI=1S/C13H30BN3O2/c1-16(2)9-10-17(11-12-18)8-6-4-3-5-7-15-13(14)19/h18H,3-12,14H2,1-2H3,(H,15,19). The van der Waals surface area contributed by atoms with Gasteiger partial charge in [0.1, 0.15) is 0 Å². The van der Waals surface area contributed by atoms with E-state index in [-0.39, 0.29) is 12.4 Å². The van der Waals surface area contributed by atoms with Gasteiger partial charge in [0.25, 0.3) is 0 Å². The Morgan fingerprint density at radius 2 is 1.74 bits per heavy atom. The second-order valence-corrected chi connectivity index (χ2v) is 5.27. The number of rotatable bonds is 12. The maximum atomic E-state index is 10.7. The van der Waals surface area contributed by atoms with Crippen molar-refractivity contribution in [1.29, 1.82) is 0 Å². The van der Waals surface area contributed by atoms with Gasteiger partial charge in [0.05, 0.1) is 6.61 Å². The van der Waals surface area contributed by atoms with Gasteiger partial charge in [-0.15, -0.1) is 0 Å². The molecule has 0 saturated heterocycles. The van der Waals surface area contributed by atoms with Crippen LogP contribution in [-0.4, -0.2) is 82.0 Å². The zero-order valence-corrected chi connectivity index (χ0v) is 12.8. The average Bonchev–Trinajstić information content (AvgIpc) is 2.34. The minimum absolute atomic E-state index is 0.0535. The lowest BCUT2D eigenvalue weighted by molar-refractivity contribution is 0.181. The Hall–Kier alpha value is -0.585. The second kappa shape index (κ2) is 12.4. The highest BCUT2D eigenvalue weighted by atomic mass is 16.3. The summed E-state index contributed by atoms with van der Waals surface area (Å²) in [5.41, 5.74) is 0. The van der Waals surface area contributed by atoms with E-state index in [0.717, 1.165) is 52.0 Å². The molecule has 112 valence electrons. The van der Waals surface area contributed by atoms with Crippen LogP contribution in [0.4, 0.5) is 4.79 Å². The number of aliphatic hydroxyl groups is 1. The van der Waals surface area contributed by atoms with Crippen molar-refractivity contribution in [3.05, 3.63) is 0 Å². The molecule has 0 aliphatic rings. The lowest BCUT2D eigenvalue weighted by atomic mass is 10.1. The van der Waals surface area contributed by atoms with Crippen molar-refractivity contribution in [3.8, 4) is 0 Å². The van der Waals surface area contributed by atoms with Crippen LogP contribution in [0.2, 0.25) is 0 Å². The Bertz CT molecular complexity index is 228. The van der Waals surface area contributed by atoms with E-state index < -0.39 is 0 Å². The van der Waals surface area contributed by atoms with Gasteiger partial charge in [-0.25, -0.2) is 0 Å². The Kier molecular flexibility index (Phi) is 12.1. The number of nitrogens with one attached hydrogen (secondary N) is 1. The summed E-state index contributed by atoms with van der Waals surface area (Å²) in [6.45, 7) is 4.88. The van der Waals surface area contributed by atoms with Crippen molar-refractivity contribution in [2.45, 2.75) is 25.7 Å². The van der Waals surface area contributed by atoms with Crippen LogP contribution in [0, 0.1) is 0 Å². The summed E-state index contributed by atoms with van der Waals surface area (Å²) in [6.07, 6.45) is 4.55. The van der Waals surface area contributed by atoms with E-state index in [2.05, 4.69) is 29.2 Å². The van der Waals surface area contributed by atoms with Gasteiger partial charge in [-0.1, -0.05) is 12.8 Å². The van der Waals surface area contributed by atoms with E-state index in [1.807, 2.05) is 0 Å². The highest BCUT2D eigenvalue weighted by Gasteiger charge is 2.04. The lowest BCUT2D eigenvalue weighted by Crippen LogP contribution is -2.34. The third kappa shape index (κ3) is 13.6. The molecular formula is C13H30BN3O2. The molecule has 0 aliphatic heterocycles. The van der Waals surface area contributed by atoms with Crippen LogP contribution >= 0.6 is 0 Å². The number of amides is 1. The molecule has 0 radical (unpaired) electrons. The Morgan fingerprint density at radius 1 is 1.05 bits per heavy atom. The Morgan fingerprint density at radius 3 is 2.32 bits per heavy atom. The molecule has 0 unspecified atom stereocenters. The fourth-order valence-corrected chi connectivity index (χ4v) is 1.90. The van der Waals surface area contributed by atoms with Crippen molar-refractivity contribution in [2.24, 2.45) is 0 Å². The van der Waals surface area contributed by atoms with Crippen LogP contribution in [0.15, 0.2) is 0 Å². The van der Waals surface area contributed by atoms with Gasteiger partial charge in [0, 0.05) is 26.2 Å². The summed E-state index contributed by atoms with van der Waals surface area (Å²) in [5, 5.41) is 11.8. The zero-order chi connectivity index (χ0) is 14.5. The van der Waals surface area contributed by atoms with Gasteiger partial charge in [-0.3, -0.25) is 9.69 Å². The molecular weight excluding hydrogens is 241 g/mol. The first-order valence-electron chi connectivity index (χ1n) is 7.28. The summed E-state index contributed by atoms with van der Waals surface area (Å²) >= 11 is 0. The number of nitrogens with zero attached hydrogens (tertiary/aromatic N) is 2. The third-order valence-corrected chi connectivity index (χ3v) is 3.05. The monoisotopic (exact) mass is 271 g/mol. The zero-order valence-electron chi connectivity index (χ0n) is 12.8. The highest BCUT2D eigenvalue weighted by Crippen LogP contribution is 2.01. The molecule has 0 saturated carbocycles. The van der Waals surface area contributed by atoms with Crippen LogP contribution in [0.1, 0.15) is 25.7 Å². The van der Waals surface area contributed by atoms with Crippen molar-refractivity contribution in [2.75, 3.05) is 53.4 Å². The smallest absolute Gasteiger partial charge is 0.215 e. The number of hydrogen-bond acceptors (Lipinski definition) is 4. The van der Waals surface area contributed by atoms with E-state index in [9.17, 15) is 4.79 Å². The predicted octanol–water partition coefficient (Wildman–Crippen LogP) is -0.255. The van der Waals surface area contributed by atoms with Gasteiger partial charge in [0.2, 0.25) is 7.85 Å². The molecule has 0 rings (SSSR count). The van der Waals surface area contributed by atoms with E-state index in [1.165, 1.54) is 6.42 Å². The van der Waals surface area contributed by atoms with Crippen LogP contribution in [0.5, 0.6) is 0 Å². The molecule has 0 aromatic carbocycles. The first kappa shape index (κ1) is 18.4. The second-order valence-electron chi connectivity index (χ2n) is 5.27. The topological polar surface area (TPSA) is 55.8 Å². The van der Waals surface area contributed by atoms with Crippen LogP contribution < -0.4 is 5.32 Å². The van der Waals surface area contributed by atoms with Crippen LogP contribution in [0.3, 0.4) is 0 Å². The summed E-state index contributed by atoms with van der Waals surface area (Å²) in [5.74, 6) is 0.0535. The molecule has 0 spiro atoms. The molecule has 0 fully saturated rings. The first-order valence-corrected chi connectivity index (χ1v) is 7.28. The van der Waals surface area contributed by atoms with Gasteiger partial charge in [0.15, 0.2) is 5.81 Å². The summed E-state index contributed by atoms with van der Waals surface area (Å²) in [4.78, 5) is 15.2. The molecule has 5 nitrogen and oxygen atoms in total. The molecule has 1 amide bonds. The van der Waals surface area contributed by atoms with Gasteiger partial charge in [-0.2, -0.15) is 0 Å². The van der Waals surface area contributed by atoms with Crippen molar-refractivity contribution < 1.29 is 9.90 Å². The quantitative estimate of drug-likeness (QED) is 0.379. The van der Waals surface area contributed by atoms with Gasteiger partial charge < -0.3 is 15.3 Å². The molecule has 19 heavy (non-hydrogen) atoms. The molecule has 2 N–H and O–H groups in total. The van der Waals surface area contributed by atoms with Crippen LogP contribution in [0.25, 0.3) is 0 Å². The minimum Gasteiger partial charge on any atom is -0.395 e. The first-order chi connectivity index (χ1) is 9.06. The van der Waals surface area contributed by atoms with Crippen molar-refractivity contribution in [3.63, 3.8) is 0 Å². The molecule has 6 heteroatoms. The Labute approximate surface area is 118 Å². The molecule has 0 aromatic rings. The summed E-state index contributed by atoms with van der Waals surface area (Å²) in [6, 6.07) is 0. The fraction of sp³-hybridized carbons (Fsp3) is 0.923. The molecule has 0 heterocycles. The van der Waals surface area contributed by atoms with Crippen molar-refractivity contribution in [1.82, 2.24) is 15.1 Å². The lowest BCUT2D eigenvalue weighted by Gasteiger charge is -2.23. The van der Waals surface area contributed by atoms with E-state index in [1.54, 1.807) is 7.85 Å². The van der Waals surface area contributed by atoms with E-state index in [0.29, 0.717) is 0 Å². The molecule has 0 aromatic heterocycles. The Balaban J connectivity index is 3.49. The van der Waals surface area contributed by atoms with E-state index in [4.69, 9.17) is 5.11 Å². The number of carbonyl (C=O) groups excluding carboxylic acids is 1. The maximum Gasteiger partial charge on any atom is 0.215 e. The number of likely N-dealkylation sites (N-methyl/N-ethyl adjacent to an activating group) is 1. The molecule has 0 atom stereocenters. The van der Waals surface area contributed by atoms with Crippen molar-refractivity contribution >= 4 is 13.7 Å². The average molecular weight is 271 g/mol. The van der Waals surface area contributed by atoms with Gasteiger partial charge in [-0.05, 0) is 33.5 Å². The minimum atomic E-state index is 0.0535. The highest BCUT2D eigenvalue weighted by molar-refractivity contribution is 6.57. The fourth-order valence-electron chi connectivity index (χ4n) is 1.90. The molecule has 0 aliphatic carbocycles. The predicted molar refractivity (Wildman–Crippen MR) is 82.5 cm³/mol. The normalized spacial score (nSPS) is 11.2. The number of aliphatic hydroxyl groups excluding tert-OH is 1. The SMILES string of the molecule is BC(=O)NCCCCCCN(CCO)CCN(C)C.